The van der Waals surface area contributed by atoms with Gasteiger partial charge in [0, 0.05) is 18.9 Å². The van der Waals surface area contributed by atoms with Crippen LogP contribution in [0.15, 0.2) is 36.5 Å². The van der Waals surface area contributed by atoms with Gasteiger partial charge in [-0.25, -0.2) is 4.39 Å². The van der Waals surface area contributed by atoms with Crippen LogP contribution in [0.3, 0.4) is 0 Å². The molecule has 0 aliphatic rings. The number of nitrogens with one attached hydrogen (secondary N) is 2. The topological polar surface area (TPSA) is 41.9 Å². The van der Waals surface area contributed by atoms with Crippen molar-refractivity contribution in [2.75, 3.05) is 5.32 Å². The molecule has 6 heteroatoms. The second-order valence-corrected chi connectivity index (χ2v) is 4.17. The molecule has 0 amide bonds. The number of aromatic nitrogens is 2. The van der Waals surface area contributed by atoms with Gasteiger partial charge in [0.25, 0.3) is 0 Å². The summed E-state index contributed by atoms with van der Waals surface area (Å²) in [6.45, 7) is 0.567. The average Bonchev–Trinajstić information content (AvgIpc) is 2.72. The fourth-order valence-electron chi connectivity index (χ4n) is 1.49. The molecule has 94 valence electrons. The Morgan fingerprint density at radius 2 is 2.28 bits per heavy atom. The largest absolute Gasteiger partial charge is 0.357 e. The van der Waals surface area contributed by atoms with Crippen molar-refractivity contribution in [2.45, 2.75) is 6.54 Å². The lowest BCUT2D eigenvalue weighted by atomic mass is 10.3. The van der Waals surface area contributed by atoms with Gasteiger partial charge in [-0.2, -0.15) is 5.10 Å². The Labute approximate surface area is 110 Å². The normalized spacial score (nSPS) is 10.1. The van der Waals surface area contributed by atoms with Crippen LogP contribution in [0.25, 0.3) is 0 Å². The van der Waals surface area contributed by atoms with Crippen LogP contribution < -0.4 is 10.6 Å². The lowest BCUT2D eigenvalue weighted by Crippen LogP contribution is -2.28. The summed E-state index contributed by atoms with van der Waals surface area (Å²) in [7, 11) is 1.86. The molecule has 0 aliphatic carbocycles. The minimum Gasteiger partial charge on any atom is -0.357 e. The Kier molecular flexibility index (Phi) is 3.88. The Balaban J connectivity index is 1.88. The van der Waals surface area contributed by atoms with E-state index in [2.05, 4.69) is 15.7 Å². The van der Waals surface area contributed by atoms with E-state index >= 15 is 0 Å². The second-order valence-electron chi connectivity index (χ2n) is 3.76. The number of benzene rings is 1. The van der Waals surface area contributed by atoms with Crippen LogP contribution in [0.5, 0.6) is 0 Å². The third-order valence-electron chi connectivity index (χ3n) is 2.44. The number of hydrogen-bond acceptors (Lipinski definition) is 2. The van der Waals surface area contributed by atoms with Gasteiger partial charge >= 0.3 is 0 Å². The summed E-state index contributed by atoms with van der Waals surface area (Å²) in [6.07, 6.45) is 1.72. The van der Waals surface area contributed by atoms with Crippen LogP contribution in [-0.4, -0.2) is 14.9 Å². The maximum absolute atomic E-state index is 13.0. The third-order valence-corrected chi connectivity index (χ3v) is 2.68. The quantitative estimate of drug-likeness (QED) is 0.833. The Bertz CT molecular complexity index is 553. The fourth-order valence-corrected chi connectivity index (χ4v) is 1.68. The monoisotopic (exact) mass is 264 g/mol. The van der Waals surface area contributed by atoms with Gasteiger partial charge in [-0.05, 0) is 36.5 Å². The van der Waals surface area contributed by atoms with Crippen LogP contribution in [0, 0.1) is 5.82 Å². The molecule has 18 heavy (non-hydrogen) atoms. The highest BCUT2D eigenvalue weighted by Gasteiger charge is 2.01. The summed E-state index contributed by atoms with van der Waals surface area (Å²) in [5, 5.41) is 10.4. The average molecular weight is 264 g/mol. The van der Waals surface area contributed by atoms with Crippen molar-refractivity contribution in [3.05, 3.63) is 48.0 Å². The smallest absolute Gasteiger partial charge is 0.171 e. The van der Waals surface area contributed by atoms with Crippen molar-refractivity contribution in [1.82, 2.24) is 15.1 Å². The first kappa shape index (κ1) is 12.5. The summed E-state index contributed by atoms with van der Waals surface area (Å²) in [5.74, 6) is -0.297. The molecule has 1 aromatic carbocycles. The van der Waals surface area contributed by atoms with E-state index in [1.165, 1.54) is 12.1 Å². The highest BCUT2D eigenvalue weighted by atomic mass is 32.1. The van der Waals surface area contributed by atoms with E-state index in [-0.39, 0.29) is 5.82 Å². The van der Waals surface area contributed by atoms with Gasteiger partial charge in [0.2, 0.25) is 0 Å². The summed E-state index contributed by atoms with van der Waals surface area (Å²) in [5.41, 5.74) is 1.64. The van der Waals surface area contributed by atoms with Gasteiger partial charge < -0.3 is 10.6 Å². The van der Waals surface area contributed by atoms with Crippen molar-refractivity contribution >= 4 is 23.0 Å². The van der Waals surface area contributed by atoms with Gasteiger partial charge in [0.15, 0.2) is 5.11 Å². The predicted molar refractivity (Wildman–Crippen MR) is 72.7 cm³/mol. The number of thiocarbonyl (C=S) groups is 1. The molecule has 0 unspecified atom stereocenters. The molecule has 2 rings (SSSR count). The van der Waals surface area contributed by atoms with E-state index in [9.17, 15) is 4.39 Å². The zero-order chi connectivity index (χ0) is 13.0. The van der Waals surface area contributed by atoms with E-state index in [1.54, 1.807) is 23.0 Å². The van der Waals surface area contributed by atoms with Gasteiger partial charge in [-0.1, -0.05) is 6.07 Å². The Morgan fingerprint density at radius 1 is 1.44 bits per heavy atom. The number of rotatable bonds is 3. The minimum absolute atomic E-state index is 0.297. The van der Waals surface area contributed by atoms with Crippen LogP contribution >= 0.6 is 12.2 Å². The first-order valence-electron chi connectivity index (χ1n) is 5.42. The second kappa shape index (κ2) is 5.59. The molecule has 0 aliphatic heterocycles. The fraction of sp³-hybridized carbons (Fsp3) is 0.167. The van der Waals surface area contributed by atoms with Crippen molar-refractivity contribution < 1.29 is 4.39 Å². The van der Waals surface area contributed by atoms with Gasteiger partial charge in [-0.3, -0.25) is 4.68 Å². The maximum Gasteiger partial charge on any atom is 0.171 e. The molecule has 1 aromatic heterocycles. The molecule has 0 bridgehead atoms. The van der Waals surface area contributed by atoms with Gasteiger partial charge in [0.1, 0.15) is 5.82 Å². The molecule has 2 N–H and O–H groups in total. The van der Waals surface area contributed by atoms with Crippen LogP contribution in [0.1, 0.15) is 5.69 Å². The van der Waals surface area contributed by atoms with Crippen LogP contribution in [-0.2, 0) is 13.6 Å². The van der Waals surface area contributed by atoms with Crippen molar-refractivity contribution in [1.29, 1.82) is 0 Å². The summed E-state index contributed by atoms with van der Waals surface area (Å²) >= 11 is 5.12. The number of halogens is 1. The summed E-state index contributed by atoms with van der Waals surface area (Å²) in [4.78, 5) is 0. The molecule has 0 atom stereocenters. The number of aryl methyl sites for hydroxylation is 1. The molecular weight excluding hydrogens is 251 g/mol. The molecule has 0 saturated heterocycles. The Morgan fingerprint density at radius 3 is 2.94 bits per heavy atom. The van der Waals surface area contributed by atoms with Crippen molar-refractivity contribution in [3.8, 4) is 0 Å². The number of anilines is 1. The molecule has 4 nitrogen and oxygen atoms in total. The van der Waals surface area contributed by atoms with Crippen molar-refractivity contribution in [3.63, 3.8) is 0 Å². The molecule has 2 aromatic rings. The molecule has 0 fully saturated rings. The zero-order valence-electron chi connectivity index (χ0n) is 9.85. The van der Waals surface area contributed by atoms with Crippen molar-refractivity contribution in [2.24, 2.45) is 7.05 Å². The van der Waals surface area contributed by atoms with E-state index < -0.39 is 0 Å². The molecule has 0 spiro atoms. The lowest BCUT2D eigenvalue weighted by molar-refractivity contribution is 0.628. The first-order valence-corrected chi connectivity index (χ1v) is 5.83. The molecule has 0 radical (unpaired) electrons. The van der Waals surface area contributed by atoms with Gasteiger partial charge in [0.05, 0.1) is 12.2 Å². The SMILES string of the molecule is Cn1nccc1CNC(=S)Nc1cccc(F)c1. The van der Waals surface area contributed by atoms with E-state index in [1.807, 2.05) is 13.1 Å². The zero-order valence-corrected chi connectivity index (χ0v) is 10.7. The van der Waals surface area contributed by atoms with Gasteiger partial charge in [-0.15, -0.1) is 0 Å². The first-order chi connectivity index (χ1) is 8.65. The summed E-state index contributed by atoms with van der Waals surface area (Å²) in [6, 6.07) is 8.05. The standard InChI is InChI=1S/C12H13FN4S/c1-17-11(5-6-15-17)8-14-12(18)16-10-4-2-3-9(13)7-10/h2-7H,8H2,1H3,(H2,14,16,18). The molecule has 0 saturated carbocycles. The van der Waals surface area contributed by atoms with E-state index in [0.29, 0.717) is 17.3 Å². The molecule has 1 heterocycles. The summed E-state index contributed by atoms with van der Waals surface area (Å²) < 4.78 is 14.7. The highest BCUT2D eigenvalue weighted by molar-refractivity contribution is 7.80. The third kappa shape index (κ3) is 3.27. The highest BCUT2D eigenvalue weighted by Crippen LogP contribution is 2.08. The Hall–Kier alpha value is -1.95. The molecular formula is C12H13FN4S. The van der Waals surface area contributed by atoms with Crippen LogP contribution in [0.4, 0.5) is 10.1 Å². The lowest BCUT2D eigenvalue weighted by Gasteiger charge is -2.10. The number of hydrogen-bond donors (Lipinski definition) is 2. The van der Waals surface area contributed by atoms with E-state index in [4.69, 9.17) is 12.2 Å². The van der Waals surface area contributed by atoms with Crippen LogP contribution in [0.2, 0.25) is 0 Å². The van der Waals surface area contributed by atoms with E-state index in [0.717, 1.165) is 5.69 Å². The number of nitrogens with zero attached hydrogens (tertiary/aromatic N) is 2. The predicted octanol–water partition coefficient (Wildman–Crippen LogP) is 2.05. The minimum atomic E-state index is -0.297. The maximum atomic E-state index is 13.0.